The lowest BCUT2D eigenvalue weighted by molar-refractivity contribution is 0.692. The van der Waals surface area contributed by atoms with E-state index >= 15 is 0 Å². The van der Waals surface area contributed by atoms with E-state index in [9.17, 15) is 0 Å². The number of hydrogen-bond acceptors (Lipinski definition) is 0. The molecule has 0 saturated carbocycles. The van der Waals surface area contributed by atoms with Crippen LogP contribution in [0.2, 0.25) is 0 Å². The second-order valence-corrected chi connectivity index (χ2v) is 5.07. The highest BCUT2D eigenvalue weighted by atomic mass is 13.9. The van der Waals surface area contributed by atoms with Gasteiger partial charge in [0.25, 0.3) is 0 Å². The summed E-state index contributed by atoms with van der Waals surface area (Å²) in [5.41, 5.74) is 0. The van der Waals surface area contributed by atoms with Gasteiger partial charge in [0.15, 0.2) is 0 Å². The van der Waals surface area contributed by atoms with Crippen molar-refractivity contribution in [2.75, 3.05) is 0 Å². The van der Waals surface area contributed by atoms with Gasteiger partial charge in [-0.2, -0.15) is 0 Å². The van der Waals surface area contributed by atoms with Gasteiger partial charge in [-0.1, -0.05) is 70.3 Å². The molecule has 1 radical (unpaired) electrons. The van der Waals surface area contributed by atoms with Gasteiger partial charge in [-0.15, -0.1) is 0 Å². The SMILES string of the molecule is [CH2]CCCCC=CCCCCCC=CCCCC. The Morgan fingerprint density at radius 3 is 1.50 bits per heavy atom. The second-order valence-electron chi connectivity index (χ2n) is 5.07. The molecule has 105 valence electrons. The van der Waals surface area contributed by atoms with Crippen LogP contribution in [0.3, 0.4) is 0 Å². The smallest absolute Gasteiger partial charge is 0.0351 e. The predicted molar refractivity (Wildman–Crippen MR) is 84.7 cm³/mol. The Kier molecular flexibility index (Phi) is 16.0. The van der Waals surface area contributed by atoms with Gasteiger partial charge >= 0.3 is 0 Å². The zero-order chi connectivity index (χ0) is 13.3. The summed E-state index contributed by atoms with van der Waals surface area (Å²) in [6, 6.07) is 0. The molecule has 0 aromatic carbocycles. The van der Waals surface area contributed by atoms with Gasteiger partial charge in [0.2, 0.25) is 0 Å². The molecule has 0 saturated heterocycles. The summed E-state index contributed by atoms with van der Waals surface area (Å²) in [6.45, 7) is 6.11. The van der Waals surface area contributed by atoms with Crippen molar-refractivity contribution in [1.29, 1.82) is 0 Å². The minimum Gasteiger partial charge on any atom is -0.0885 e. The van der Waals surface area contributed by atoms with Gasteiger partial charge in [-0.25, -0.2) is 0 Å². The van der Waals surface area contributed by atoms with E-state index in [-0.39, 0.29) is 0 Å². The van der Waals surface area contributed by atoms with E-state index in [0.29, 0.717) is 0 Å². The van der Waals surface area contributed by atoms with Crippen molar-refractivity contribution < 1.29 is 0 Å². The lowest BCUT2D eigenvalue weighted by atomic mass is 10.1. The van der Waals surface area contributed by atoms with Crippen LogP contribution in [0.1, 0.15) is 84.0 Å². The van der Waals surface area contributed by atoms with Gasteiger partial charge in [0.1, 0.15) is 0 Å². The van der Waals surface area contributed by atoms with E-state index in [1.807, 2.05) is 0 Å². The van der Waals surface area contributed by atoms with Crippen LogP contribution in [-0.4, -0.2) is 0 Å². The highest BCUT2D eigenvalue weighted by Gasteiger charge is 1.86. The quantitative estimate of drug-likeness (QED) is 0.254. The second kappa shape index (κ2) is 16.5. The van der Waals surface area contributed by atoms with E-state index < -0.39 is 0 Å². The molecule has 0 N–H and O–H groups in total. The molecule has 0 fully saturated rings. The van der Waals surface area contributed by atoms with Crippen LogP contribution in [0.25, 0.3) is 0 Å². The monoisotopic (exact) mass is 249 g/mol. The predicted octanol–water partition coefficient (Wildman–Crippen LogP) is 6.63. The van der Waals surface area contributed by atoms with Crippen molar-refractivity contribution in [3.05, 3.63) is 31.2 Å². The molecule has 0 spiro atoms. The average molecular weight is 249 g/mol. The van der Waals surface area contributed by atoms with Crippen molar-refractivity contribution in [1.82, 2.24) is 0 Å². The van der Waals surface area contributed by atoms with Crippen molar-refractivity contribution in [3.63, 3.8) is 0 Å². The van der Waals surface area contributed by atoms with E-state index in [1.165, 1.54) is 70.6 Å². The zero-order valence-electron chi connectivity index (χ0n) is 12.5. The molecule has 0 unspecified atom stereocenters. The summed E-state index contributed by atoms with van der Waals surface area (Å²) in [5, 5.41) is 0. The van der Waals surface area contributed by atoms with Gasteiger partial charge in [-0.3, -0.25) is 0 Å². The van der Waals surface area contributed by atoms with Crippen LogP contribution in [0.5, 0.6) is 0 Å². The molecule has 0 aliphatic rings. The van der Waals surface area contributed by atoms with Crippen molar-refractivity contribution in [2.45, 2.75) is 84.0 Å². The van der Waals surface area contributed by atoms with Crippen molar-refractivity contribution >= 4 is 0 Å². The fourth-order valence-electron chi connectivity index (χ4n) is 1.93. The van der Waals surface area contributed by atoms with Crippen LogP contribution in [0.4, 0.5) is 0 Å². The molecule has 0 aromatic heterocycles. The summed E-state index contributed by atoms with van der Waals surface area (Å²) in [7, 11) is 0. The maximum absolute atomic E-state index is 3.86. The lowest BCUT2D eigenvalue weighted by Crippen LogP contribution is -1.76. The number of hydrogen-bond donors (Lipinski definition) is 0. The van der Waals surface area contributed by atoms with Crippen LogP contribution in [0.15, 0.2) is 24.3 Å². The van der Waals surface area contributed by atoms with E-state index in [1.54, 1.807) is 0 Å². The number of rotatable bonds is 13. The first-order valence-corrected chi connectivity index (χ1v) is 8.01. The molecule has 0 aliphatic heterocycles. The van der Waals surface area contributed by atoms with E-state index in [4.69, 9.17) is 0 Å². The summed E-state index contributed by atoms with van der Waals surface area (Å²) in [5.74, 6) is 0. The van der Waals surface area contributed by atoms with Crippen molar-refractivity contribution in [2.24, 2.45) is 0 Å². The Bertz CT molecular complexity index is 188. The molecule has 0 heterocycles. The topological polar surface area (TPSA) is 0 Å². The normalized spacial score (nSPS) is 11.9. The molecule has 0 aliphatic carbocycles. The largest absolute Gasteiger partial charge is 0.0885 e. The van der Waals surface area contributed by atoms with Crippen LogP contribution in [-0.2, 0) is 0 Å². The summed E-state index contributed by atoms with van der Waals surface area (Å²) in [4.78, 5) is 0. The third kappa shape index (κ3) is 15.5. The first-order valence-electron chi connectivity index (χ1n) is 8.01. The Balaban J connectivity index is 3.08. The first kappa shape index (κ1) is 17.5. The highest BCUT2D eigenvalue weighted by molar-refractivity contribution is 4.83. The maximum Gasteiger partial charge on any atom is -0.0351 e. The average Bonchev–Trinajstić information content (AvgIpc) is 2.39. The molecule has 0 rings (SSSR count). The van der Waals surface area contributed by atoms with Gasteiger partial charge in [0.05, 0.1) is 0 Å². The lowest BCUT2D eigenvalue weighted by Gasteiger charge is -1.96. The van der Waals surface area contributed by atoms with Crippen LogP contribution >= 0.6 is 0 Å². The molecule has 0 aromatic rings. The first-order chi connectivity index (χ1) is 8.91. The Labute approximate surface area is 116 Å². The molecule has 0 atom stereocenters. The van der Waals surface area contributed by atoms with Gasteiger partial charge in [-0.05, 0) is 44.9 Å². The standard InChI is InChI=1S/C18H33/c1-3-5-7-9-11-13-15-17-18-16-14-12-10-8-6-4-2/h10-13H,1,3-9,14-18H2,2H3. The third-order valence-corrected chi connectivity index (χ3v) is 3.17. The molecule has 0 bridgehead atoms. The Hall–Kier alpha value is -0.520. The van der Waals surface area contributed by atoms with Crippen LogP contribution < -0.4 is 0 Å². The minimum atomic E-state index is 1.08. The van der Waals surface area contributed by atoms with E-state index in [2.05, 4.69) is 38.2 Å². The molecule has 18 heavy (non-hydrogen) atoms. The summed E-state index contributed by atoms with van der Waals surface area (Å²) < 4.78 is 0. The minimum absolute atomic E-state index is 1.08. The third-order valence-electron chi connectivity index (χ3n) is 3.17. The number of unbranched alkanes of at least 4 members (excludes halogenated alkanes) is 9. The fraction of sp³-hybridized carbons (Fsp3) is 0.722. The number of allylic oxidation sites excluding steroid dienone is 4. The Morgan fingerprint density at radius 2 is 1.06 bits per heavy atom. The zero-order valence-corrected chi connectivity index (χ0v) is 12.5. The molecular weight excluding hydrogens is 216 g/mol. The molecular formula is C18H33. The van der Waals surface area contributed by atoms with Crippen LogP contribution in [0, 0.1) is 6.92 Å². The molecule has 0 heteroatoms. The highest BCUT2D eigenvalue weighted by Crippen LogP contribution is 2.06. The molecule has 0 nitrogen and oxygen atoms in total. The Morgan fingerprint density at radius 1 is 0.611 bits per heavy atom. The van der Waals surface area contributed by atoms with Crippen molar-refractivity contribution in [3.8, 4) is 0 Å². The van der Waals surface area contributed by atoms with Gasteiger partial charge in [0, 0.05) is 0 Å². The summed E-state index contributed by atoms with van der Waals surface area (Å²) >= 11 is 0. The summed E-state index contributed by atoms with van der Waals surface area (Å²) in [6.07, 6.45) is 24.9. The fourth-order valence-corrected chi connectivity index (χ4v) is 1.93. The van der Waals surface area contributed by atoms with Gasteiger partial charge < -0.3 is 0 Å². The van der Waals surface area contributed by atoms with E-state index in [0.717, 1.165) is 6.42 Å². The molecule has 0 amide bonds. The maximum atomic E-state index is 3.86.